The number of hydrogen-bond donors (Lipinski definition) is 2. The lowest BCUT2D eigenvalue weighted by Crippen LogP contribution is -2.17. The summed E-state index contributed by atoms with van der Waals surface area (Å²) in [6.07, 6.45) is -0.0285. The lowest BCUT2D eigenvalue weighted by Gasteiger charge is -2.14. The van der Waals surface area contributed by atoms with Gasteiger partial charge in [-0.1, -0.05) is 11.6 Å². The molecule has 0 atom stereocenters. The maximum atomic E-state index is 13.0. The van der Waals surface area contributed by atoms with Crippen LogP contribution in [0.2, 0.25) is 5.02 Å². The highest BCUT2D eigenvalue weighted by Gasteiger charge is 2.34. The van der Waals surface area contributed by atoms with Crippen LogP contribution in [0, 0.1) is 0 Å². The Morgan fingerprint density at radius 2 is 1.88 bits per heavy atom. The second-order valence-electron chi connectivity index (χ2n) is 5.36. The fourth-order valence-electron chi connectivity index (χ4n) is 1.98. The standard InChI is InChI=1S/C15H12ClF3N4O/c16-9-1-4-12(11(5-9)15(17,18)19)23-13(24)8-6-20-14(21-7-8)22-10-2-3-10/h1,4-7,10H,2-3H2,(H,23,24)(H,20,21,22). The number of halogens is 4. The molecule has 1 aromatic heterocycles. The predicted octanol–water partition coefficient (Wildman–Crippen LogP) is 3.98. The van der Waals surface area contributed by atoms with Crippen molar-refractivity contribution in [3.63, 3.8) is 0 Å². The molecular weight excluding hydrogens is 345 g/mol. The number of hydrogen-bond acceptors (Lipinski definition) is 4. The molecule has 5 nitrogen and oxygen atoms in total. The summed E-state index contributed by atoms with van der Waals surface area (Å²) in [5.41, 5.74) is -1.34. The number of aromatic nitrogens is 2. The first kappa shape index (κ1) is 16.5. The largest absolute Gasteiger partial charge is 0.418 e. The number of alkyl halides is 3. The Bertz CT molecular complexity index is 760. The highest BCUT2D eigenvalue weighted by atomic mass is 35.5. The van der Waals surface area contributed by atoms with Gasteiger partial charge in [-0.2, -0.15) is 13.2 Å². The minimum Gasteiger partial charge on any atom is -0.351 e. The molecule has 126 valence electrons. The number of amides is 1. The summed E-state index contributed by atoms with van der Waals surface area (Å²) in [5.74, 6) is -0.350. The van der Waals surface area contributed by atoms with Crippen LogP contribution in [-0.4, -0.2) is 21.9 Å². The maximum Gasteiger partial charge on any atom is 0.418 e. The van der Waals surface area contributed by atoms with E-state index in [-0.39, 0.29) is 16.3 Å². The third-order valence-electron chi connectivity index (χ3n) is 3.36. The summed E-state index contributed by atoms with van der Waals surface area (Å²) in [4.78, 5) is 20.1. The molecule has 1 saturated carbocycles. The second-order valence-corrected chi connectivity index (χ2v) is 5.79. The average Bonchev–Trinajstić information content (AvgIpc) is 3.32. The molecule has 1 heterocycles. The van der Waals surface area contributed by atoms with E-state index in [1.165, 1.54) is 18.5 Å². The van der Waals surface area contributed by atoms with E-state index >= 15 is 0 Å². The molecule has 0 aliphatic heterocycles. The van der Waals surface area contributed by atoms with E-state index in [4.69, 9.17) is 11.6 Å². The van der Waals surface area contributed by atoms with Crippen molar-refractivity contribution >= 4 is 29.1 Å². The van der Waals surface area contributed by atoms with Gasteiger partial charge < -0.3 is 10.6 Å². The van der Waals surface area contributed by atoms with Gasteiger partial charge in [0.1, 0.15) is 0 Å². The lowest BCUT2D eigenvalue weighted by molar-refractivity contribution is -0.136. The Kier molecular flexibility index (Phi) is 4.31. The number of rotatable bonds is 4. The number of benzene rings is 1. The normalized spacial score (nSPS) is 14.3. The molecule has 1 amide bonds. The number of carbonyl (C=O) groups is 1. The monoisotopic (exact) mass is 356 g/mol. The SMILES string of the molecule is O=C(Nc1ccc(Cl)cc1C(F)(F)F)c1cnc(NC2CC2)nc1. The summed E-state index contributed by atoms with van der Waals surface area (Å²) < 4.78 is 39.1. The van der Waals surface area contributed by atoms with E-state index in [1.54, 1.807) is 0 Å². The molecule has 0 unspecified atom stereocenters. The molecule has 1 fully saturated rings. The van der Waals surface area contributed by atoms with Crippen LogP contribution in [0.5, 0.6) is 0 Å². The Morgan fingerprint density at radius 3 is 2.46 bits per heavy atom. The highest BCUT2D eigenvalue weighted by Crippen LogP contribution is 2.36. The molecule has 1 aliphatic carbocycles. The first-order valence-electron chi connectivity index (χ1n) is 7.09. The third-order valence-corrected chi connectivity index (χ3v) is 3.59. The number of nitrogens with one attached hydrogen (secondary N) is 2. The van der Waals surface area contributed by atoms with Gasteiger partial charge in [0, 0.05) is 23.5 Å². The Labute approximate surface area is 140 Å². The van der Waals surface area contributed by atoms with E-state index in [2.05, 4.69) is 20.6 Å². The number of carbonyl (C=O) groups excluding carboxylic acids is 1. The van der Waals surface area contributed by atoms with Crippen LogP contribution >= 0.6 is 11.6 Å². The van der Waals surface area contributed by atoms with Crippen molar-refractivity contribution < 1.29 is 18.0 Å². The van der Waals surface area contributed by atoms with E-state index in [0.717, 1.165) is 25.0 Å². The summed E-state index contributed by atoms with van der Waals surface area (Å²) >= 11 is 5.60. The van der Waals surface area contributed by atoms with Gasteiger partial charge in [-0.05, 0) is 31.0 Å². The average molecular weight is 357 g/mol. The predicted molar refractivity (Wildman–Crippen MR) is 83.1 cm³/mol. The van der Waals surface area contributed by atoms with E-state index in [9.17, 15) is 18.0 Å². The Balaban J connectivity index is 1.77. The van der Waals surface area contributed by atoms with Gasteiger partial charge in [0.05, 0.1) is 16.8 Å². The Hall–Kier alpha value is -2.35. The minimum absolute atomic E-state index is 0.0550. The van der Waals surface area contributed by atoms with Crippen LogP contribution in [0.4, 0.5) is 24.8 Å². The molecular formula is C15H12ClF3N4O. The van der Waals surface area contributed by atoms with Crippen LogP contribution in [0.25, 0.3) is 0 Å². The van der Waals surface area contributed by atoms with Crippen molar-refractivity contribution in [2.24, 2.45) is 0 Å². The molecule has 1 aromatic carbocycles. The molecule has 0 saturated heterocycles. The number of anilines is 2. The molecule has 1 aliphatic rings. The first-order valence-corrected chi connectivity index (χ1v) is 7.47. The van der Waals surface area contributed by atoms with Crippen molar-refractivity contribution in [3.8, 4) is 0 Å². The van der Waals surface area contributed by atoms with Crippen LogP contribution in [0.15, 0.2) is 30.6 Å². The van der Waals surface area contributed by atoms with Crippen LogP contribution in [0.1, 0.15) is 28.8 Å². The molecule has 0 radical (unpaired) electrons. The quantitative estimate of drug-likeness (QED) is 0.869. The summed E-state index contributed by atoms with van der Waals surface area (Å²) in [7, 11) is 0. The fourth-order valence-corrected chi connectivity index (χ4v) is 2.16. The Morgan fingerprint density at radius 1 is 1.21 bits per heavy atom. The van der Waals surface area contributed by atoms with E-state index in [1.807, 2.05) is 0 Å². The van der Waals surface area contributed by atoms with Gasteiger partial charge in [0.15, 0.2) is 0 Å². The van der Waals surface area contributed by atoms with Gasteiger partial charge in [0.25, 0.3) is 5.91 Å². The minimum atomic E-state index is -4.64. The van der Waals surface area contributed by atoms with Gasteiger partial charge in [-0.25, -0.2) is 9.97 Å². The van der Waals surface area contributed by atoms with Crippen molar-refractivity contribution in [1.29, 1.82) is 0 Å². The summed E-state index contributed by atoms with van der Waals surface area (Å²) in [5, 5.41) is 5.19. The maximum absolute atomic E-state index is 13.0. The molecule has 24 heavy (non-hydrogen) atoms. The molecule has 9 heteroatoms. The van der Waals surface area contributed by atoms with Crippen molar-refractivity contribution in [3.05, 3.63) is 46.7 Å². The van der Waals surface area contributed by atoms with Gasteiger partial charge in [0.2, 0.25) is 5.95 Å². The van der Waals surface area contributed by atoms with Crippen molar-refractivity contribution in [2.75, 3.05) is 10.6 Å². The zero-order valence-electron chi connectivity index (χ0n) is 12.2. The zero-order chi connectivity index (χ0) is 17.3. The summed E-state index contributed by atoms with van der Waals surface area (Å²) in [6, 6.07) is 3.49. The fraction of sp³-hybridized carbons (Fsp3) is 0.267. The first-order chi connectivity index (χ1) is 11.3. The number of nitrogens with zero attached hydrogens (tertiary/aromatic N) is 2. The van der Waals surface area contributed by atoms with Gasteiger partial charge in [-0.15, -0.1) is 0 Å². The zero-order valence-corrected chi connectivity index (χ0v) is 12.9. The highest BCUT2D eigenvalue weighted by molar-refractivity contribution is 6.30. The second kappa shape index (κ2) is 6.27. The van der Waals surface area contributed by atoms with Crippen molar-refractivity contribution in [2.45, 2.75) is 25.1 Å². The van der Waals surface area contributed by atoms with Crippen LogP contribution in [-0.2, 0) is 6.18 Å². The molecule has 2 aromatic rings. The van der Waals surface area contributed by atoms with Gasteiger partial charge >= 0.3 is 6.18 Å². The molecule has 3 rings (SSSR count). The van der Waals surface area contributed by atoms with Crippen LogP contribution in [0.3, 0.4) is 0 Å². The third kappa shape index (κ3) is 3.94. The van der Waals surface area contributed by atoms with Gasteiger partial charge in [-0.3, -0.25) is 4.79 Å². The lowest BCUT2D eigenvalue weighted by atomic mass is 10.1. The summed E-state index contributed by atoms with van der Waals surface area (Å²) in [6.45, 7) is 0. The molecule has 0 spiro atoms. The van der Waals surface area contributed by atoms with Crippen LogP contribution < -0.4 is 10.6 Å². The molecule has 2 N–H and O–H groups in total. The van der Waals surface area contributed by atoms with Crippen molar-refractivity contribution in [1.82, 2.24) is 9.97 Å². The topological polar surface area (TPSA) is 66.9 Å². The smallest absolute Gasteiger partial charge is 0.351 e. The van der Waals surface area contributed by atoms with E-state index in [0.29, 0.717) is 12.0 Å². The molecule has 0 bridgehead atoms. The van der Waals surface area contributed by atoms with E-state index < -0.39 is 17.6 Å².